The smallest absolute Gasteiger partial charge is 0.392 e. The number of halogens is 3. The molecular weight excluding hydrogens is 263 g/mol. The zero-order chi connectivity index (χ0) is 13.8. The van der Waals surface area contributed by atoms with E-state index >= 15 is 0 Å². The number of esters is 1. The number of ether oxygens (including phenoxy) is 1. The Morgan fingerprint density at radius 2 is 2.11 bits per heavy atom. The van der Waals surface area contributed by atoms with E-state index in [0.29, 0.717) is 5.76 Å². The molecule has 7 heteroatoms. The Morgan fingerprint density at radius 1 is 1.42 bits per heavy atom. The first-order chi connectivity index (χ1) is 8.93. The normalized spacial score (nSPS) is 26.3. The van der Waals surface area contributed by atoms with Crippen LogP contribution in [0.5, 0.6) is 0 Å². The molecule has 104 valence electrons. The molecule has 0 saturated heterocycles. The molecule has 1 aromatic heterocycles. The molecule has 19 heavy (non-hydrogen) atoms. The van der Waals surface area contributed by atoms with Gasteiger partial charge >= 0.3 is 12.1 Å². The van der Waals surface area contributed by atoms with Crippen LogP contribution in [-0.2, 0) is 4.74 Å². The summed E-state index contributed by atoms with van der Waals surface area (Å²) < 4.78 is 47.5. The minimum atomic E-state index is -4.25. The van der Waals surface area contributed by atoms with E-state index in [0.717, 1.165) is 12.8 Å². The maximum atomic E-state index is 12.6. The number of methoxy groups -OCH3 is 1. The lowest BCUT2D eigenvalue weighted by atomic mass is 10.1. The molecule has 2 aliphatic carbocycles. The van der Waals surface area contributed by atoms with Crippen LogP contribution in [0, 0.1) is 5.92 Å². The molecule has 0 N–H and O–H groups in total. The molecule has 2 unspecified atom stereocenters. The van der Waals surface area contributed by atoms with Crippen molar-refractivity contribution in [3.05, 3.63) is 17.0 Å². The van der Waals surface area contributed by atoms with Crippen LogP contribution >= 0.6 is 0 Å². The maximum absolute atomic E-state index is 12.6. The fourth-order valence-corrected chi connectivity index (χ4v) is 2.36. The van der Waals surface area contributed by atoms with E-state index < -0.39 is 24.0 Å². The van der Waals surface area contributed by atoms with E-state index in [1.807, 2.05) is 0 Å². The molecule has 3 rings (SSSR count). The standard InChI is InChI=1S/C12H12F3NO3/c1-18-11(17)8-9(6-4-7(6)12(13,14)15)16-19-10(8)5-2-3-5/h5-7H,2-4H2,1H3. The lowest BCUT2D eigenvalue weighted by molar-refractivity contribution is -0.148. The van der Waals surface area contributed by atoms with Gasteiger partial charge in [0.2, 0.25) is 0 Å². The van der Waals surface area contributed by atoms with E-state index in [9.17, 15) is 18.0 Å². The first kappa shape index (κ1) is 12.5. The van der Waals surface area contributed by atoms with Crippen LogP contribution in [0.15, 0.2) is 4.52 Å². The van der Waals surface area contributed by atoms with E-state index in [4.69, 9.17) is 4.52 Å². The van der Waals surface area contributed by atoms with Gasteiger partial charge in [0.25, 0.3) is 0 Å². The van der Waals surface area contributed by atoms with Gasteiger partial charge in [0.15, 0.2) is 5.76 Å². The molecule has 0 aromatic carbocycles. The summed E-state index contributed by atoms with van der Waals surface area (Å²) >= 11 is 0. The zero-order valence-corrected chi connectivity index (χ0v) is 10.2. The summed E-state index contributed by atoms with van der Waals surface area (Å²) in [5.74, 6) is -2.38. The fourth-order valence-electron chi connectivity index (χ4n) is 2.36. The molecule has 0 bridgehead atoms. The number of aromatic nitrogens is 1. The predicted molar refractivity (Wildman–Crippen MR) is 56.7 cm³/mol. The van der Waals surface area contributed by atoms with Gasteiger partial charge in [-0.25, -0.2) is 4.79 Å². The average Bonchev–Trinajstić information content (AvgIpc) is 3.24. The van der Waals surface area contributed by atoms with Crippen LogP contribution in [0.4, 0.5) is 13.2 Å². The van der Waals surface area contributed by atoms with Crippen molar-refractivity contribution >= 4 is 5.97 Å². The third-order valence-electron chi connectivity index (χ3n) is 3.64. The molecule has 1 aromatic rings. The van der Waals surface area contributed by atoms with Crippen LogP contribution in [0.2, 0.25) is 0 Å². The minimum Gasteiger partial charge on any atom is -0.465 e. The SMILES string of the molecule is COC(=O)c1c(C2CC2C(F)(F)F)noc1C1CC1. The Kier molecular flexibility index (Phi) is 2.62. The molecule has 2 aliphatic rings. The number of hydrogen-bond acceptors (Lipinski definition) is 4. The van der Waals surface area contributed by atoms with Gasteiger partial charge in [0.1, 0.15) is 11.3 Å². The first-order valence-corrected chi connectivity index (χ1v) is 6.08. The van der Waals surface area contributed by atoms with E-state index in [1.54, 1.807) is 0 Å². The average molecular weight is 275 g/mol. The van der Waals surface area contributed by atoms with Crippen LogP contribution in [-0.4, -0.2) is 24.4 Å². The lowest BCUT2D eigenvalue weighted by Crippen LogP contribution is -2.13. The maximum Gasteiger partial charge on any atom is 0.392 e. The predicted octanol–water partition coefficient (Wildman–Crippen LogP) is 3.00. The molecule has 2 atom stereocenters. The second-order valence-electron chi connectivity index (χ2n) is 5.06. The molecule has 0 aliphatic heterocycles. The van der Waals surface area contributed by atoms with Crippen LogP contribution in [0.3, 0.4) is 0 Å². The highest BCUT2D eigenvalue weighted by atomic mass is 19.4. The van der Waals surface area contributed by atoms with E-state index in [-0.39, 0.29) is 23.6 Å². The molecule has 0 radical (unpaired) electrons. The Morgan fingerprint density at radius 3 is 2.58 bits per heavy atom. The molecular formula is C12H12F3NO3. The third kappa shape index (κ3) is 2.11. The van der Waals surface area contributed by atoms with Crippen molar-refractivity contribution in [1.29, 1.82) is 0 Å². The van der Waals surface area contributed by atoms with Crippen LogP contribution in [0.25, 0.3) is 0 Å². The van der Waals surface area contributed by atoms with Crippen molar-refractivity contribution < 1.29 is 27.2 Å². The van der Waals surface area contributed by atoms with Crippen LogP contribution in [0.1, 0.15) is 52.9 Å². The highest BCUT2D eigenvalue weighted by molar-refractivity contribution is 5.92. The van der Waals surface area contributed by atoms with Gasteiger partial charge in [0, 0.05) is 11.8 Å². The van der Waals surface area contributed by atoms with Gasteiger partial charge in [-0.2, -0.15) is 13.2 Å². The Labute approximate surface area is 106 Å². The minimum absolute atomic E-state index is 0.0376. The summed E-state index contributed by atoms with van der Waals surface area (Å²) in [5, 5.41) is 3.70. The number of carbonyl (C=O) groups excluding carboxylic acids is 1. The number of nitrogens with zero attached hydrogens (tertiary/aromatic N) is 1. The topological polar surface area (TPSA) is 52.3 Å². The molecule has 4 nitrogen and oxygen atoms in total. The summed E-state index contributed by atoms with van der Waals surface area (Å²) in [6.45, 7) is 0. The van der Waals surface area contributed by atoms with Crippen molar-refractivity contribution in [1.82, 2.24) is 5.16 Å². The summed E-state index contributed by atoms with van der Waals surface area (Å²) in [5.41, 5.74) is 0.220. The lowest BCUT2D eigenvalue weighted by Gasteiger charge is -2.04. The van der Waals surface area contributed by atoms with Crippen molar-refractivity contribution in [3.63, 3.8) is 0 Å². The summed E-state index contributed by atoms with van der Waals surface area (Å²) in [7, 11) is 1.20. The monoisotopic (exact) mass is 275 g/mol. The third-order valence-corrected chi connectivity index (χ3v) is 3.64. The first-order valence-electron chi connectivity index (χ1n) is 6.08. The van der Waals surface area contributed by atoms with E-state index in [2.05, 4.69) is 9.89 Å². The number of hydrogen-bond donors (Lipinski definition) is 0. The highest BCUT2D eigenvalue weighted by Crippen LogP contribution is 2.57. The zero-order valence-electron chi connectivity index (χ0n) is 10.2. The van der Waals surface area contributed by atoms with Gasteiger partial charge in [-0.05, 0) is 19.3 Å². The molecule has 1 heterocycles. The van der Waals surface area contributed by atoms with Crippen LogP contribution < -0.4 is 0 Å². The number of carbonyl (C=O) groups is 1. The fraction of sp³-hybridized carbons (Fsp3) is 0.667. The second kappa shape index (κ2) is 3.98. The van der Waals surface area contributed by atoms with Crippen molar-refractivity contribution in [2.45, 2.75) is 37.3 Å². The quantitative estimate of drug-likeness (QED) is 0.796. The highest BCUT2D eigenvalue weighted by Gasteiger charge is 2.58. The summed E-state index contributed by atoms with van der Waals surface area (Å²) in [4.78, 5) is 11.7. The Bertz CT molecular complexity index is 519. The Balaban J connectivity index is 1.92. The summed E-state index contributed by atoms with van der Waals surface area (Å²) in [6, 6.07) is 0. The van der Waals surface area contributed by atoms with Gasteiger partial charge in [-0.3, -0.25) is 0 Å². The second-order valence-corrected chi connectivity index (χ2v) is 5.06. The molecule has 0 spiro atoms. The van der Waals surface area contributed by atoms with Crippen molar-refractivity contribution in [2.24, 2.45) is 5.92 Å². The molecule has 0 amide bonds. The van der Waals surface area contributed by atoms with Gasteiger partial charge < -0.3 is 9.26 Å². The van der Waals surface area contributed by atoms with Gasteiger partial charge in [-0.15, -0.1) is 0 Å². The number of alkyl halides is 3. The molecule has 2 saturated carbocycles. The van der Waals surface area contributed by atoms with Crippen molar-refractivity contribution in [2.75, 3.05) is 7.11 Å². The largest absolute Gasteiger partial charge is 0.465 e. The van der Waals surface area contributed by atoms with Crippen molar-refractivity contribution in [3.8, 4) is 0 Å². The summed E-state index contributed by atoms with van der Waals surface area (Å²) in [6.07, 6.45) is -2.56. The molecule has 2 fully saturated rings. The Hall–Kier alpha value is -1.53. The van der Waals surface area contributed by atoms with Gasteiger partial charge in [-0.1, -0.05) is 5.16 Å². The van der Waals surface area contributed by atoms with E-state index in [1.165, 1.54) is 7.11 Å². The number of rotatable bonds is 3. The van der Waals surface area contributed by atoms with Gasteiger partial charge in [0.05, 0.1) is 13.0 Å².